The largest absolute Gasteiger partial charge is 0.456 e. The molecule has 8 aromatic carbocycles. The van der Waals surface area contributed by atoms with E-state index < -0.39 is 0 Å². The zero-order chi connectivity index (χ0) is 35.0. The summed E-state index contributed by atoms with van der Waals surface area (Å²) < 4.78 is 15.6. The lowest BCUT2D eigenvalue weighted by atomic mass is 9.82. The van der Waals surface area contributed by atoms with E-state index in [-0.39, 0.29) is 5.41 Å². The molecule has 3 nitrogen and oxygen atoms in total. The second-order valence-corrected chi connectivity index (χ2v) is 16.0. The summed E-state index contributed by atoms with van der Waals surface area (Å²) in [4.78, 5) is 2.39. The van der Waals surface area contributed by atoms with Gasteiger partial charge in [0.2, 0.25) is 0 Å². The van der Waals surface area contributed by atoms with Crippen molar-refractivity contribution in [2.24, 2.45) is 0 Å². The highest BCUT2D eigenvalue weighted by Gasteiger charge is 2.35. The molecule has 0 radical (unpaired) electrons. The van der Waals surface area contributed by atoms with Crippen LogP contribution < -0.4 is 4.90 Å². The number of fused-ring (bicyclic) bond motifs is 15. The van der Waals surface area contributed by atoms with E-state index >= 15 is 0 Å². The molecular formula is C49H31NO2S. The van der Waals surface area contributed by atoms with Gasteiger partial charge in [-0.1, -0.05) is 98.8 Å². The maximum Gasteiger partial charge on any atom is 0.144 e. The van der Waals surface area contributed by atoms with E-state index in [1.165, 1.54) is 58.6 Å². The molecule has 1 aliphatic carbocycles. The highest BCUT2D eigenvalue weighted by atomic mass is 32.1. The maximum absolute atomic E-state index is 6.70. The Hall–Kier alpha value is -6.36. The Balaban J connectivity index is 1.08. The van der Waals surface area contributed by atoms with Gasteiger partial charge in [0, 0.05) is 70.3 Å². The monoisotopic (exact) mass is 697 g/mol. The first-order valence-electron chi connectivity index (χ1n) is 18.2. The number of hydrogen-bond acceptors (Lipinski definition) is 4. The molecule has 0 saturated carbocycles. The Labute approximate surface area is 308 Å². The van der Waals surface area contributed by atoms with Gasteiger partial charge < -0.3 is 13.7 Å². The summed E-state index contributed by atoms with van der Waals surface area (Å²) in [6.45, 7) is 4.69. The SMILES string of the molecule is CC1(C)c2ccccc2-c2ccc(N(c3ccc4c(c3)oc3ccccc34)c3ccc4c(c3)sc3ccc5c(oc6ccc7ccccc7c65)c34)cc21. The topological polar surface area (TPSA) is 29.5 Å². The normalized spacial score (nSPS) is 13.6. The molecule has 0 amide bonds. The fourth-order valence-electron chi connectivity index (χ4n) is 9.12. The highest BCUT2D eigenvalue weighted by molar-refractivity contribution is 7.26. The Morgan fingerprint density at radius 2 is 1.15 bits per heavy atom. The van der Waals surface area contributed by atoms with Gasteiger partial charge in [0.1, 0.15) is 22.3 Å². The average molecular weight is 698 g/mol. The second-order valence-electron chi connectivity index (χ2n) is 14.9. The van der Waals surface area contributed by atoms with E-state index in [9.17, 15) is 0 Å². The minimum absolute atomic E-state index is 0.116. The number of furan rings is 2. The summed E-state index contributed by atoms with van der Waals surface area (Å²) in [6, 6.07) is 55.0. The van der Waals surface area contributed by atoms with Crippen molar-refractivity contribution in [3.05, 3.63) is 163 Å². The van der Waals surface area contributed by atoms with Crippen LogP contribution in [0.25, 0.3) is 85.9 Å². The maximum atomic E-state index is 6.70. The number of thiophene rings is 1. The van der Waals surface area contributed by atoms with Gasteiger partial charge in [-0.25, -0.2) is 0 Å². The summed E-state index contributed by atoms with van der Waals surface area (Å²) in [5.74, 6) is 0. The smallest absolute Gasteiger partial charge is 0.144 e. The zero-order valence-electron chi connectivity index (χ0n) is 29.1. The van der Waals surface area contributed by atoms with Crippen LogP contribution in [0.2, 0.25) is 0 Å². The van der Waals surface area contributed by atoms with Crippen molar-refractivity contribution >= 4 is 103 Å². The standard InChI is InChI=1S/C49H31NO2S/c1-49(2)39-13-7-5-11-33(39)34-19-16-29(25-40(34)49)50(30-17-20-36-35-12-6-8-14-41(35)51-43(36)26-30)31-18-21-37-45(27-31)53-44-24-22-38-46-32-10-4-3-9-28(32)15-23-42(46)52-48(38)47(37)44/h3-27H,1-2H3. The van der Waals surface area contributed by atoms with Crippen LogP contribution in [0, 0.1) is 0 Å². The molecule has 0 atom stereocenters. The van der Waals surface area contributed by atoms with Gasteiger partial charge in [0.25, 0.3) is 0 Å². The number of nitrogens with zero attached hydrogens (tertiary/aromatic N) is 1. The molecule has 0 spiro atoms. The average Bonchev–Trinajstić information content (AvgIpc) is 3.93. The highest BCUT2D eigenvalue weighted by Crippen LogP contribution is 2.51. The van der Waals surface area contributed by atoms with Crippen LogP contribution in [0.15, 0.2) is 160 Å². The molecule has 0 saturated heterocycles. The van der Waals surface area contributed by atoms with Crippen molar-refractivity contribution in [1.29, 1.82) is 0 Å². The first kappa shape index (κ1) is 29.2. The van der Waals surface area contributed by atoms with E-state index in [1.54, 1.807) is 0 Å². The molecule has 53 heavy (non-hydrogen) atoms. The third kappa shape index (κ3) is 3.99. The van der Waals surface area contributed by atoms with Crippen molar-refractivity contribution in [3.63, 3.8) is 0 Å². The molecule has 0 N–H and O–H groups in total. The lowest BCUT2D eigenvalue weighted by Crippen LogP contribution is -2.16. The number of anilines is 3. The van der Waals surface area contributed by atoms with Crippen LogP contribution in [0.5, 0.6) is 0 Å². The van der Waals surface area contributed by atoms with Gasteiger partial charge in [0.05, 0.1) is 0 Å². The van der Waals surface area contributed by atoms with Crippen molar-refractivity contribution < 1.29 is 8.83 Å². The van der Waals surface area contributed by atoms with Crippen LogP contribution >= 0.6 is 11.3 Å². The van der Waals surface area contributed by atoms with Gasteiger partial charge in [-0.05, 0) is 93.7 Å². The molecule has 250 valence electrons. The Bertz CT molecular complexity index is 3340. The Morgan fingerprint density at radius 3 is 2.08 bits per heavy atom. The number of benzene rings is 8. The van der Waals surface area contributed by atoms with Crippen molar-refractivity contribution in [1.82, 2.24) is 0 Å². The van der Waals surface area contributed by atoms with E-state index in [0.717, 1.165) is 55.6 Å². The zero-order valence-corrected chi connectivity index (χ0v) is 29.9. The summed E-state index contributed by atoms with van der Waals surface area (Å²) >= 11 is 1.82. The van der Waals surface area contributed by atoms with E-state index in [4.69, 9.17) is 8.83 Å². The Kier molecular flexibility index (Phi) is 5.72. The summed E-state index contributed by atoms with van der Waals surface area (Å²) in [5.41, 5.74) is 12.2. The molecule has 0 aliphatic heterocycles. The van der Waals surface area contributed by atoms with Crippen molar-refractivity contribution in [3.8, 4) is 11.1 Å². The number of para-hydroxylation sites is 1. The third-order valence-corrected chi connectivity index (χ3v) is 12.8. The van der Waals surface area contributed by atoms with Crippen molar-refractivity contribution in [2.45, 2.75) is 19.3 Å². The molecule has 0 fully saturated rings. The van der Waals surface area contributed by atoms with Crippen LogP contribution in [0.4, 0.5) is 17.1 Å². The second kappa shape index (κ2) is 10.4. The van der Waals surface area contributed by atoms with Gasteiger partial charge >= 0.3 is 0 Å². The minimum atomic E-state index is -0.116. The third-order valence-electron chi connectivity index (χ3n) is 11.7. The van der Waals surface area contributed by atoms with E-state index in [2.05, 4.69) is 158 Å². The number of rotatable bonds is 3. The lowest BCUT2D eigenvalue weighted by molar-refractivity contribution is 0.660. The van der Waals surface area contributed by atoms with Crippen LogP contribution in [-0.2, 0) is 5.41 Å². The molecule has 0 bridgehead atoms. The van der Waals surface area contributed by atoms with Crippen LogP contribution in [-0.4, -0.2) is 0 Å². The fraction of sp³-hybridized carbons (Fsp3) is 0.0612. The van der Waals surface area contributed by atoms with E-state index in [1.807, 2.05) is 23.5 Å². The summed E-state index contributed by atoms with van der Waals surface area (Å²) in [7, 11) is 0. The lowest BCUT2D eigenvalue weighted by Gasteiger charge is -2.28. The van der Waals surface area contributed by atoms with Gasteiger partial charge in [-0.3, -0.25) is 0 Å². The predicted octanol–water partition coefficient (Wildman–Crippen LogP) is 14.8. The molecule has 12 rings (SSSR count). The molecule has 0 unspecified atom stereocenters. The summed E-state index contributed by atoms with van der Waals surface area (Å²) in [6.07, 6.45) is 0. The summed E-state index contributed by atoms with van der Waals surface area (Å²) in [5, 5.41) is 9.44. The van der Waals surface area contributed by atoms with Gasteiger partial charge in [0.15, 0.2) is 0 Å². The molecule has 4 heteroatoms. The first-order valence-corrected chi connectivity index (χ1v) is 19.0. The predicted molar refractivity (Wildman–Crippen MR) is 224 cm³/mol. The minimum Gasteiger partial charge on any atom is -0.456 e. The molecular weight excluding hydrogens is 667 g/mol. The molecule has 3 aromatic heterocycles. The van der Waals surface area contributed by atoms with Crippen LogP contribution in [0.3, 0.4) is 0 Å². The first-order chi connectivity index (χ1) is 26.0. The van der Waals surface area contributed by atoms with Gasteiger partial charge in [-0.2, -0.15) is 0 Å². The molecule has 11 aromatic rings. The van der Waals surface area contributed by atoms with Gasteiger partial charge in [-0.15, -0.1) is 11.3 Å². The Morgan fingerprint density at radius 1 is 0.453 bits per heavy atom. The quantitative estimate of drug-likeness (QED) is 0.184. The van der Waals surface area contributed by atoms with Crippen molar-refractivity contribution in [2.75, 3.05) is 4.90 Å². The number of hydrogen-bond donors (Lipinski definition) is 0. The fourth-order valence-corrected chi connectivity index (χ4v) is 10.3. The molecule has 1 aliphatic rings. The van der Waals surface area contributed by atoms with Crippen LogP contribution in [0.1, 0.15) is 25.0 Å². The molecule has 3 heterocycles. The van der Waals surface area contributed by atoms with E-state index in [0.29, 0.717) is 0 Å².